The number of ether oxygens (including phenoxy) is 2. The van der Waals surface area contributed by atoms with Crippen molar-refractivity contribution in [3.63, 3.8) is 0 Å². The standard InChI is InChI=1S/C21H25ClN2O3/c1-26-19-4-2-3-16(13-19)5-8-21(25)23-18-7-6-17(20(22)14-18)15-24-9-11-27-12-10-24/h2-4,6-7,13-14H,5,8-12,15H2,1H3,(H,23,25). The highest BCUT2D eigenvalue weighted by atomic mass is 35.5. The fourth-order valence-corrected chi connectivity index (χ4v) is 3.30. The topological polar surface area (TPSA) is 50.8 Å². The van der Waals surface area contributed by atoms with Gasteiger partial charge in [-0.3, -0.25) is 9.69 Å². The van der Waals surface area contributed by atoms with Crippen LogP contribution in [0.2, 0.25) is 5.02 Å². The maximum absolute atomic E-state index is 12.2. The molecule has 5 nitrogen and oxygen atoms in total. The summed E-state index contributed by atoms with van der Waals surface area (Å²) >= 11 is 6.42. The van der Waals surface area contributed by atoms with E-state index in [4.69, 9.17) is 21.1 Å². The van der Waals surface area contributed by atoms with Crippen LogP contribution >= 0.6 is 11.6 Å². The SMILES string of the molecule is COc1cccc(CCC(=O)Nc2ccc(CN3CCOCC3)c(Cl)c2)c1. The summed E-state index contributed by atoms with van der Waals surface area (Å²) in [5, 5.41) is 3.60. The molecule has 3 rings (SSSR count). The van der Waals surface area contributed by atoms with Crippen LogP contribution in [-0.4, -0.2) is 44.2 Å². The van der Waals surface area contributed by atoms with Gasteiger partial charge in [-0.1, -0.05) is 29.8 Å². The number of carbonyl (C=O) groups is 1. The van der Waals surface area contributed by atoms with Crippen LogP contribution in [0.1, 0.15) is 17.5 Å². The molecule has 0 spiro atoms. The van der Waals surface area contributed by atoms with Crippen molar-refractivity contribution in [1.29, 1.82) is 0 Å². The van der Waals surface area contributed by atoms with Gasteiger partial charge in [-0.05, 0) is 41.8 Å². The van der Waals surface area contributed by atoms with Crippen molar-refractivity contribution in [1.82, 2.24) is 4.90 Å². The zero-order valence-corrected chi connectivity index (χ0v) is 16.3. The van der Waals surface area contributed by atoms with Crippen LogP contribution in [0.15, 0.2) is 42.5 Å². The van der Waals surface area contributed by atoms with E-state index in [1.54, 1.807) is 7.11 Å². The van der Waals surface area contributed by atoms with E-state index in [1.165, 1.54) is 0 Å². The summed E-state index contributed by atoms with van der Waals surface area (Å²) in [6, 6.07) is 13.5. The fourth-order valence-electron chi connectivity index (χ4n) is 3.06. The Hall–Kier alpha value is -2.08. The number of halogens is 1. The molecule has 144 valence electrons. The summed E-state index contributed by atoms with van der Waals surface area (Å²) in [5.74, 6) is 0.769. The van der Waals surface area contributed by atoms with Crippen LogP contribution in [0.3, 0.4) is 0 Å². The molecule has 6 heteroatoms. The number of hydrogen-bond donors (Lipinski definition) is 1. The summed E-state index contributed by atoms with van der Waals surface area (Å²) in [5.41, 5.74) is 2.86. The summed E-state index contributed by atoms with van der Waals surface area (Å²) in [7, 11) is 1.64. The van der Waals surface area contributed by atoms with Gasteiger partial charge in [0.2, 0.25) is 5.91 Å². The van der Waals surface area contributed by atoms with Crippen LogP contribution < -0.4 is 10.1 Å². The minimum atomic E-state index is -0.0326. The molecule has 0 unspecified atom stereocenters. The smallest absolute Gasteiger partial charge is 0.224 e. The Morgan fingerprint density at radius 3 is 2.78 bits per heavy atom. The molecule has 1 aliphatic rings. The summed E-state index contributed by atoms with van der Waals surface area (Å²) in [6.07, 6.45) is 1.06. The van der Waals surface area contributed by atoms with Crippen LogP contribution in [0.25, 0.3) is 0 Å². The minimum absolute atomic E-state index is 0.0326. The molecule has 1 fully saturated rings. The van der Waals surface area contributed by atoms with E-state index < -0.39 is 0 Å². The van der Waals surface area contributed by atoms with Crippen LogP contribution in [0.4, 0.5) is 5.69 Å². The van der Waals surface area contributed by atoms with Gasteiger partial charge in [0.15, 0.2) is 0 Å². The summed E-state index contributed by atoms with van der Waals surface area (Å²) in [4.78, 5) is 14.6. The maximum Gasteiger partial charge on any atom is 0.224 e. The first kappa shape index (κ1) is 19.7. The van der Waals surface area contributed by atoms with Crippen molar-refractivity contribution in [2.75, 3.05) is 38.7 Å². The average Bonchev–Trinajstić information content (AvgIpc) is 2.69. The second-order valence-electron chi connectivity index (χ2n) is 6.59. The molecule has 0 aromatic heterocycles. The van der Waals surface area contributed by atoms with Gasteiger partial charge in [0.05, 0.1) is 20.3 Å². The van der Waals surface area contributed by atoms with E-state index in [-0.39, 0.29) is 5.91 Å². The largest absolute Gasteiger partial charge is 0.497 e. The number of rotatable bonds is 7. The maximum atomic E-state index is 12.2. The number of carbonyl (C=O) groups excluding carboxylic acids is 1. The highest BCUT2D eigenvalue weighted by Crippen LogP contribution is 2.23. The fraction of sp³-hybridized carbons (Fsp3) is 0.381. The quantitative estimate of drug-likeness (QED) is 0.784. The molecule has 0 aliphatic carbocycles. The van der Waals surface area contributed by atoms with E-state index in [2.05, 4.69) is 10.2 Å². The molecule has 1 heterocycles. The van der Waals surface area contributed by atoms with Crippen molar-refractivity contribution in [2.45, 2.75) is 19.4 Å². The number of nitrogens with one attached hydrogen (secondary N) is 1. The number of morpholine rings is 1. The van der Waals surface area contributed by atoms with Crippen molar-refractivity contribution in [2.24, 2.45) is 0 Å². The van der Waals surface area contributed by atoms with Crippen molar-refractivity contribution >= 4 is 23.2 Å². The molecule has 0 atom stereocenters. The Morgan fingerprint density at radius 1 is 1.22 bits per heavy atom. The van der Waals surface area contributed by atoms with Crippen LogP contribution in [0.5, 0.6) is 5.75 Å². The first-order valence-electron chi connectivity index (χ1n) is 9.15. The number of hydrogen-bond acceptors (Lipinski definition) is 4. The number of amides is 1. The lowest BCUT2D eigenvalue weighted by molar-refractivity contribution is -0.116. The van der Waals surface area contributed by atoms with Crippen LogP contribution in [-0.2, 0) is 22.5 Å². The highest BCUT2D eigenvalue weighted by molar-refractivity contribution is 6.31. The molecule has 1 amide bonds. The first-order chi connectivity index (χ1) is 13.1. The molecular formula is C21H25ClN2O3. The molecule has 1 saturated heterocycles. The van der Waals surface area contributed by atoms with Gasteiger partial charge in [-0.2, -0.15) is 0 Å². The third-order valence-electron chi connectivity index (χ3n) is 4.61. The first-order valence-corrected chi connectivity index (χ1v) is 9.53. The zero-order valence-electron chi connectivity index (χ0n) is 15.5. The molecule has 0 saturated carbocycles. The summed E-state index contributed by atoms with van der Waals surface area (Å²) in [6.45, 7) is 4.16. The van der Waals surface area contributed by atoms with E-state index in [9.17, 15) is 4.79 Å². The number of anilines is 1. The Bertz CT molecular complexity index is 776. The number of methoxy groups -OCH3 is 1. The average molecular weight is 389 g/mol. The Balaban J connectivity index is 1.52. The van der Waals surface area contributed by atoms with E-state index in [1.807, 2.05) is 42.5 Å². The van der Waals surface area contributed by atoms with Crippen molar-refractivity contribution in [3.05, 3.63) is 58.6 Å². The molecule has 1 aliphatic heterocycles. The van der Waals surface area contributed by atoms with Gasteiger partial charge in [0.25, 0.3) is 0 Å². The normalized spacial score (nSPS) is 14.7. The predicted molar refractivity (Wildman–Crippen MR) is 107 cm³/mol. The zero-order chi connectivity index (χ0) is 19.1. The number of nitrogens with zero attached hydrogens (tertiary/aromatic N) is 1. The lowest BCUT2D eigenvalue weighted by atomic mass is 10.1. The lowest BCUT2D eigenvalue weighted by Crippen LogP contribution is -2.35. The molecule has 27 heavy (non-hydrogen) atoms. The summed E-state index contributed by atoms with van der Waals surface area (Å²) < 4.78 is 10.6. The third kappa shape index (κ3) is 5.96. The minimum Gasteiger partial charge on any atom is -0.497 e. The van der Waals surface area contributed by atoms with Gasteiger partial charge >= 0.3 is 0 Å². The number of benzene rings is 2. The Labute approximate surface area is 165 Å². The van der Waals surface area contributed by atoms with Gasteiger partial charge < -0.3 is 14.8 Å². The second-order valence-corrected chi connectivity index (χ2v) is 7.00. The van der Waals surface area contributed by atoms with Crippen LogP contribution in [0, 0.1) is 0 Å². The van der Waals surface area contributed by atoms with Crippen molar-refractivity contribution < 1.29 is 14.3 Å². The lowest BCUT2D eigenvalue weighted by Gasteiger charge is -2.27. The molecule has 0 radical (unpaired) electrons. The molecule has 0 bridgehead atoms. The van der Waals surface area contributed by atoms with Gasteiger partial charge in [-0.15, -0.1) is 0 Å². The van der Waals surface area contributed by atoms with E-state index in [0.717, 1.165) is 55.4 Å². The highest BCUT2D eigenvalue weighted by Gasteiger charge is 2.13. The predicted octanol–water partition coefficient (Wildman–Crippen LogP) is 3.75. The monoisotopic (exact) mass is 388 g/mol. The van der Waals surface area contributed by atoms with Gasteiger partial charge in [0, 0.05) is 36.8 Å². The third-order valence-corrected chi connectivity index (χ3v) is 4.96. The Kier molecular flexibility index (Phi) is 7.10. The molecule has 1 N–H and O–H groups in total. The Morgan fingerprint density at radius 2 is 2.04 bits per heavy atom. The molecule has 2 aromatic carbocycles. The number of aryl methyl sites for hydroxylation is 1. The second kappa shape index (κ2) is 9.74. The molecule has 2 aromatic rings. The molecular weight excluding hydrogens is 364 g/mol. The van der Waals surface area contributed by atoms with Crippen molar-refractivity contribution in [3.8, 4) is 5.75 Å². The van der Waals surface area contributed by atoms with E-state index in [0.29, 0.717) is 17.9 Å². The van der Waals surface area contributed by atoms with Gasteiger partial charge in [-0.25, -0.2) is 0 Å². The van der Waals surface area contributed by atoms with Gasteiger partial charge in [0.1, 0.15) is 5.75 Å². The van der Waals surface area contributed by atoms with E-state index >= 15 is 0 Å².